The van der Waals surface area contributed by atoms with Crippen molar-refractivity contribution in [3.05, 3.63) is 65.0 Å². The Morgan fingerprint density at radius 2 is 1.96 bits per heavy atom. The standard InChI is InChI=1S/C20H21N3O2/c24-18(15-10-9-13-5-1-2-6-14(13)11-15)12-21-20(25)19-16-7-3-4-8-17(16)22-23-19/h1-2,5-6,9-11,18,24H,3-4,7-8,12H2,(H,21,25)(H,22,23). The number of nitrogens with zero attached hydrogens (tertiary/aromatic N) is 1. The van der Waals surface area contributed by atoms with E-state index in [2.05, 4.69) is 15.5 Å². The van der Waals surface area contributed by atoms with Crippen LogP contribution in [0.2, 0.25) is 0 Å². The van der Waals surface area contributed by atoms with Crippen LogP contribution in [0.15, 0.2) is 42.5 Å². The molecule has 0 saturated carbocycles. The molecule has 0 fully saturated rings. The Morgan fingerprint density at radius 1 is 1.16 bits per heavy atom. The van der Waals surface area contributed by atoms with Crippen molar-refractivity contribution in [1.29, 1.82) is 0 Å². The Balaban J connectivity index is 1.44. The Labute approximate surface area is 146 Å². The van der Waals surface area contributed by atoms with Gasteiger partial charge in [-0.3, -0.25) is 9.89 Å². The number of aliphatic hydroxyl groups is 1. The van der Waals surface area contributed by atoms with Crippen molar-refractivity contribution in [2.45, 2.75) is 31.8 Å². The van der Waals surface area contributed by atoms with Gasteiger partial charge in [-0.2, -0.15) is 5.10 Å². The van der Waals surface area contributed by atoms with Crippen LogP contribution in [-0.4, -0.2) is 27.8 Å². The molecule has 0 aliphatic heterocycles. The number of nitrogens with one attached hydrogen (secondary N) is 2. The number of aliphatic hydroxyl groups excluding tert-OH is 1. The van der Waals surface area contributed by atoms with E-state index in [0.717, 1.165) is 53.3 Å². The molecule has 0 spiro atoms. The maximum Gasteiger partial charge on any atom is 0.272 e. The summed E-state index contributed by atoms with van der Waals surface area (Å²) in [5.41, 5.74) is 3.37. The van der Waals surface area contributed by atoms with Crippen LogP contribution in [0, 0.1) is 0 Å². The lowest BCUT2D eigenvalue weighted by molar-refractivity contribution is 0.0910. The highest BCUT2D eigenvalue weighted by Gasteiger charge is 2.22. The number of aromatic nitrogens is 2. The van der Waals surface area contributed by atoms with Crippen LogP contribution in [0.25, 0.3) is 10.8 Å². The molecule has 4 rings (SSSR count). The Morgan fingerprint density at radius 3 is 2.84 bits per heavy atom. The predicted octanol–water partition coefficient (Wildman–Crippen LogP) is 2.91. The lowest BCUT2D eigenvalue weighted by Crippen LogP contribution is -2.29. The average Bonchev–Trinajstić information content (AvgIpc) is 3.09. The summed E-state index contributed by atoms with van der Waals surface area (Å²) in [4.78, 5) is 12.4. The van der Waals surface area contributed by atoms with Crippen LogP contribution >= 0.6 is 0 Å². The van der Waals surface area contributed by atoms with Crippen LogP contribution in [0.3, 0.4) is 0 Å². The molecule has 1 unspecified atom stereocenters. The normalized spacial score (nSPS) is 14.9. The number of rotatable bonds is 4. The zero-order chi connectivity index (χ0) is 17.2. The van der Waals surface area contributed by atoms with Crippen molar-refractivity contribution in [2.75, 3.05) is 6.54 Å². The number of carbonyl (C=O) groups is 1. The quantitative estimate of drug-likeness (QED) is 0.686. The molecule has 3 aromatic rings. The Hall–Kier alpha value is -2.66. The second kappa shape index (κ2) is 6.69. The summed E-state index contributed by atoms with van der Waals surface area (Å²) in [5, 5.41) is 22.6. The van der Waals surface area contributed by atoms with Crippen LogP contribution in [0.1, 0.15) is 46.3 Å². The van der Waals surface area contributed by atoms with E-state index in [9.17, 15) is 9.90 Å². The molecule has 1 aromatic heterocycles. The number of aryl methyl sites for hydroxylation is 1. The van der Waals surface area contributed by atoms with Crippen molar-refractivity contribution in [1.82, 2.24) is 15.5 Å². The third-order valence-corrected chi connectivity index (χ3v) is 4.89. The van der Waals surface area contributed by atoms with Crippen molar-refractivity contribution in [2.24, 2.45) is 0 Å². The summed E-state index contributed by atoms with van der Waals surface area (Å²) in [6.07, 6.45) is 3.32. The number of carbonyl (C=O) groups excluding carboxylic acids is 1. The fraction of sp³-hybridized carbons (Fsp3) is 0.300. The Bertz CT molecular complexity index is 916. The van der Waals surface area contributed by atoms with Crippen LogP contribution in [-0.2, 0) is 12.8 Å². The minimum Gasteiger partial charge on any atom is -0.387 e. The van der Waals surface area contributed by atoms with Gasteiger partial charge in [0.05, 0.1) is 6.10 Å². The summed E-state index contributed by atoms with van der Waals surface area (Å²) in [6.45, 7) is 0.165. The highest BCUT2D eigenvalue weighted by atomic mass is 16.3. The molecule has 1 heterocycles. The highest BCUT2D eigenvalue weighted by Crippen LogP contribution is 2.23. The Kier molecular flexibility index (Phi) is 4.24. The van der Waals surface area contributed by atoms with Gasteiger partial charge in [0.2, 0.25) is 0 Å². The van der Waals surface area contributed by atoms with Gasteiger partial charge < -0.3 is 10.4 Å². The van der Waals surface area contributed by atoms with Crippen molar-refractivity contribution >= 4 is 16.7 Å². The molecule has 0 saturated heterocycles. The lowest BCUT2D eigenvalue weighted by atomic mass is 9.96. The number of benzene rings is 2. The van der Waals surface area contributed by atoms with Crippen molar-refractivity contribution < 1.29 is 9.90 Å². The summed E-state index contributed by atoms with van der Waals surface area (Å²) in [6, 6.07) is 13.9. The molecule has 1 atom stereocenters. The van der Waals surface area contributed by atoms with E-state index in [4.69, 9.17) is 0 Å². The number of fused-ring (bicyclic) bond motifs is 2. The molecule has 25 heavy (non-hydrogen) atoms. The van der Waals surface area contributed by atoms with E-state index >= 15 is 0 Å². The van der Waals surface area contributed by atoms with Crippen LogP contribution in [0.4, 0.5) is 0 Å². The third kappa shape index (κ3) is 3.15. The van der Waals surface area contributed by atoms with E-state index in [1.165, 1.54) is 0 Å². The topological polar surface area (TPSA) is 78.0 Å². The maximum atomic E-state index is 12.4. The zero-order valence-electron chi connectivity index (χ0n) is 14.0. The molecule has 128 valence electrons. The van der Waals surface area contributed by atoms with E-state index in [0.29, 0.717) is 5.69 Å². The number of hydrogen-bond donors (Lipinski definition) is 3. The fourth-order valence-corrected chi connectivity index (χ4v) is 3.47. The van der Waals surface area contributed by atoms with Crippen molar-refractivity contribution in [3.8, 4) is 0 Å². The third-order valence-electron chi connectivity index (χ3n) is 4.89. The van der Waals surface area contributed by atoms with Crippen LogP contribution in [0.5, 0.6) is 0 Å². The molecule has 1 aliphatic rings. The summed E-state index contributed by atoms with van der Waals surface area (Å²) in [7, 11) is 0. The number of H-pyrrole nitrogens is 1. The van der Waals surface area contributed by atoms with Gasteiger partial charge in [0.1, 0.15) is 0 Å². The second-order valence-electron chi connectivity index (χ2n) is 6.57. The molecule has 2 aromatic carbocycles. The van der Waals surface area contributed by atoms with Gasteiger partial charge in [-0.15, -0.1) is 0 Å². The van der Waals surface area contributed by atoms with Gasteiger partial charge in [0.15, 0.2) is 5.69 Å². The lowest BCUT2D eigenvalue weighted by Gasteiger charge is -2.14. The van der Waals surface area contributed by atoms with Gasteiger partial charge in [-0.05, 0) is 48.1 Å². The van der Waals surface area contributed by atoms with E-state index in [1.807, 2.05) is 42.5 Å². The largest absolute Gasteiger partial charge is 0.387 e. The molecule has 1 aliphatic carbocycles. The smallest absolute Gasteiger partial charge is 0.272 e. The average molecular weight is 335 g/mol. The van der Waals surface area contributed by atoms with Crippen LogP contribution < -0.4 is 5.32 Å². The van der Waals surface area contributed by atoms with E-state index in [1.54, 1.807) is 0 Å². The molecule has 0 radical (unpaired) electrons. The minimum absolute atomic E-state index is 0.165. The number of aromatic amines is 1. The van der Waals surface area contributed by atoms with Gasteiger partial charge in [-0.25, -0.2) is 0 Å². The minimum atomic E-state index is -0.747. The first-order chi connectivity index (χ1) is 12.2. The van der Waals surface area contributed by atoms with Gasteiger partial charge in [0.25, 0.3) is 5.91 Å². The zero-order valence-corrected chi connectivity index (χ0v) is 14.0. The maximum absolute atomic E-state index is 12.4. The predicted molar refractivity (Wildman–Crippen MR) is 96.5 cm³/mol. The van der Waals surface area contributed by atoms with Gasteiger partial charge in [-0.1, -0.05) is 36.4 Å². The summed E-state index contributed by atoms with van der Waals surface area (Å²) >= 11 is 0. The van der Waals surface area contributed by atoms with E-state index in [-0.39, 0.29) is 12.5 Å². The monoisotopic (exact) mass is 335 g/mol. The van der Waals surface area contributed by atoms with Gasteiger partial charge in [0, 0.05) is 17.8 Å². The van der Waals surface area contributed by atoms with E-state index < -0.39 is 6.10 Å². The fourth-order valence-electron chi connectivity index (χ4n) is 3.47. The first kappa shape index (κ1) is 15.8. The second-order valence-corrected chi connectivity index (χ2v) is 6.57. The number of amides is 1. The first-order valence-electron chi connectivity index (χ1n) is 8.73. The molecular weight excluding hydrogens is 314 g/mol. The molecule has 1 amide bonds. The summed E-state index contributed by atoms with van der Waals surface area (Å²) < 4.78 is 0. The molecule has 0 bridgehead atoms. The molecular formula is C20H21N3O2. The molecule has 3 N–H and O–H groups in total. The SMILES string of the molecule is O=C(NCC(O)c1ccc2ccccc2c1)c1n[nH]c2c1CCCC2. The highest BCUT2D eigenvalue weighted by molar-refractivity contribution is 5.94. The molecule has 5 heteroatoms. The first-order valence-corrected chi connectivity index (χ1v) is 8.73. The van der Waals surface area contributed by atoms with Gasteiger partial charge >= 0.3 is 0 Å². The summed E-state index contributed by atoms with van der Waals surface area (Å²) in [5.74, 6) is -0.223. The molecule has 5 nitrogen and oxygen atoms in total. The number of hydrogen-bond acceptors (Lipinski definition) is 3. The van der Waals surface area contributed by atoms with Crippen molar-refractivity contribution in [3.63, 3.8) is 0 Å².